The lowest BCUT2D eigenvalue weighted by Gasteiger charge is -2.15. The summed E-state index contributed by atoms with van der Waals surface area (Å²) in [4.78, 5) is 37.2. The van der Waals surface area contributed by atoms with Gasteiger partial charge in [0.2, 0.25) is 5.91 Å². The van der Waals surface area contributed by atoms with E-state index in [-0.39, 0.29) is 21.6 Å². The molecular formula is C20H14F3N3O6S. The molecule has 2 aromatic rings. The molecule has 0 unspecified atom stereocenters. The minimum Gasteiger partial charge on any atom is -0.493 e. The van der Waals surface area contributed by atoms with Gasteiger partial charge in [0, 0.05) is 13.0 Å². The maximum absolute atomic E-state index is 13.3. The van der Waals surface area contributed by atoms with E-state index in [1.165, 1.54) is 38.3 Å². The molecule has 0 atom stereocenters. The van der Waals surface area contributed by atoms with E-state index >= 15 is 0 Å². The van der Waals surface area contributed by atoms with Crippen molar-refractivity contribution in [2.45, 2.75) is 13.1 Å². The lowest BCUT2D eigenvalue weighted by molar-refractivity contribution is -0.385. The summed E-state index contributed by atoms with van der Waals surface area (Å²) in [6.07, 6.45) is -3.36. The van der Waals surface area contributed by atoms with E-state index in [1.54, 1.807) is 0 Å². The summed E-state index contributed by atoms with van der Waals surface area (Å²) in [5.41, 5.74) is -1.34. The molecule has 3 rings (SSSR count). The molecule has 1 aliphatic heterocycles. The summed E-state index contributed by atoms with van der Waals surface area (Å²) in [5, 5.41) is 13.5. The number of benzene rings is 2. The normalized spacial score (nSPS) is 14.8. The molecule has 0 radical (unpaired) electrons. The highest BCUT2D eigenvalue weighted by atomic mass is 32.2. The van der Waals surface area contributed by atoms with Gasteiger partial charge in [0.1, 0.15) is 5.75 Å². The van der Waals surface area contributed by atoms with Gasteiger partial charge in [-0.3, -0.25) is 19.7 Å². The lowest BCUT2D eigenvalue weighted by Crippen LogP contribution is -2.23. The summed E-state index contributed by atoms with van der Waals surface area (Å²) >= 11 is 0.940. The van der Waals surface area contributed by atoms with E-state index < -0.39 is 39.9 Å². The third kappa shape index (κ3) is 5.68. The van der Waals surface area contributed by atoms with Gasteiger partial charge in [-0.2, -0.15) is 18.2 Å². The molecule has 1 heterocycles. The van der Waals surface area contributed by atoms with Crippen LogP contribution < -0.4 is 14.8 Å². The summed E-state index contributed by atoms with van der Waals surface area (Å²) in [7, 11) is 1.25. The zero-order chi connectivity index (χ0) is 24.3. The van der Waals surface area contributed by atoms with Gasteiger partial charge in [0.15, 0.2) is 16.7 Å². The predicted octanol–water partition coefficient (Wildman–Crippen LogP) is 4.52. The fourth-order valence-corrected chi connectivity index (χ4v) is 3.54. The minimum atomic E-state index is -4.81. The van der Waals surface area contributed by atoms with E-state index in [1.807, 2.05) is 0 Å². The molecule has 1 aliphatic rings. The fourth-order valence-electron chi connectivity index (χ4n) is 2.68. The van der Waals surface area contributed by atoms with Gasteiger partial charge in [-0.15, -0.1) is 0 Å². The van der Waals surface area contributed by atoms with Crippen LogP contribution >= 0.6 is 11.8 Å². The monoisotopic (exact) mass is 481 g/mol. The first kappa shape index (κ1) is 23.8. The molecule has 0 aromatic heterocycles. The van der Waals surface area contributed by atoms with Crippen LogP contribution in [-0.4, -0.2) is 29.0 Å². The Balaban J connectivity index is 1.92. The highest BCUT2D eigenvalue weighted by molar-refractivity contribution is 8.18. The number of hydrogen-bond donors (Lipinski definition) is 1. The average molecular weight is 481 g/mol. The van der Waals surface area contributed by atoms with Crippen LogP contribution in [0.5, 0.6) is 17.2 Å². The number of non-ortho nitro benzene ring substituents is 1. The summed E-state index contributed by atoms with van der Waals surface area (Å²) < 4.78 is 50.6. The summed E-state index contributed by atoms with van der Waals surface area (Å²) in [5.74, 6) is -1.85. The van der Waals surface area contributed by atoms with Crippen LogP contribution in [0.3, 0.4) is 0 Å². The maximum atomic E-state index is 13.3. The van der Waals surface area contributed by atoms with Crippen molar-refractivity contribution in [2.75, 3.05) is 7.11 Å². The van der Waals surface area contributed by atoms with E-state index in [9.17, 15) is 32.9 Å². The number of methoxy groups -OCH3 is 1. The average Bonchev–Trinajstić information content (AvgIpc) is 3.05. The number of carbonyl (C=O) groups excluding carboxylic acids is 2. The van der Waals surface area contributed by atoms with E-state index in [2.05, 4.69) is 10.3 Å². The number of ether oxygens (including phenoxy) is 2. The zero-order valence-corrected chi connectivity index (χ0v) is 17.7. The van der Waals surface area contributed by atoms with Crippen LogP contribution in [0.1, 0.15) is 18.1 Å². The first-order valence-corrected chi connectivity index (χ1v) is 9.81. The molecule has 33 heavy (non-hydrogen) atoms. The molecule has 9 nitrogen and oxygen atoms in total. The molecule has 0 saturated heterocycles. The SMILES string of the molecule is COc1cc(/C=C2\SC(NC(C)=O)=NC2=O)ccc1Oc1cc([N+](=O)[O-])ccc1C(F)(F)F. The Bertz CT molecular complexity index is 1210. The number of nitrogens with one attached hydrogen (secondary N) is 1. The molecule has 0 aliphatic carbocycles. The van der Waals surface area contributed by atoms with Gasteiger partial charge in [0.05, 0.1) is 28.6 Å². The third-order valence-corrected chi connectivity index (χ3v) is 4.99. The van der Waals surface area contributed by atoms with Crippen molar-refractivity contribution in [3.63, 3.8) is 0 Å². The Kier molecular flexibility index (Phi) is 6.72. The van der Waals surface area contributed by atoms with Crippen molar-refractivity contribution in [1.29, 1.82) is 0 Å². The standard InChI is InChI=1S/C20H14F3N3O6S/c1-10(27)24-19-25-18(28)17(33-19)8-11-3-6-14(16(7-11)31-2)32-15-9-12(26(29)30)4-5-13(15)20(21,22)23/h3-9H,1-2H3,(H,24,25,27,28)/b17-8-. The largest absolute Gasteiger partial charge is 0.493 e. The Morgan fingerprint density at radius 2 is 1.91 bits per heavy atom. The van der Waals surface area contributed by atoms with Gasteiger partial charge in [-0.1, -0.05) is 6.07 Å². The number of alkyl halides is 3. The Morgan fingerprint density at radius 1 is 1.18 bits per heavy atom. The number of halogens is 3. The number of amidine groups is 1. The second-order valence-corrected chi connectivity index (χ2v) is 7.49. The Morgan fingerprint density at radius 3 is 2.52 bits per heavy atom. The predicted molar refractivity (Wildman–Crippen MR) is 113 cm³/mol. The number of nitro groups is 1. The third-order valence-electron chi connectivity index (χ3n) is 4.09. The van der Waals surface area contributed by atoms with E-state index in [0.29, 0.717) is 17.7 Å². The van der Waals surface area contributed by atoms with E-state index in [0.717, 1.165) is 17.8 Å². The van der Waals surface area contributed by atoms with Crippen molar-refractivity contribution in [1.82, 2.24) is 5.32 Å². The summed E-state index contributed by atoms with van der Waals surface area (Å²) in [6, 6.07) is 6.11. The first-order valence-electron chi connectivity index (χ1n) is 8.99. The summed E-state index contributed by atoms with van der Waals surface area (Å²) in [6.45, 7) is 1.27. The van der Waals surface area contributed by atoms with Crippen molar-refractivity contribution >= 4 is 40.5 Å². The molecule has 2 aromatic carbocycles. The molecule has 0 spiro atoms. The number of nitro benzene ring substituents is 1. The number of rotatable bonds is 5. The van der Waals surface area contributed by atoms with Crippen LogP contribution in [0.15, 0.2) is 46.3 Å². The Hall–Kier alpha value is -3.87. The minimum absolute atomic E-state index is 0.0161. The van der Waals surface area contributed by atoms with Crippen LogP contribution in [0.2, 0.25) is 0 Å². The zero-order valence-electron chi connectivity index (χ0n) is 16.9. The second-order valence-electron chi connectivity index (χ2n) is 6.46. The quantitative estimate of drug-likeness (QED) is 0.379. The van der Waals surface area contributed by atoms with Gasteiger partial charge in [-0.05, 0) is 41.6 Å². The van der Waals surface area contributed by atoms with Crippen molar-refractivity contribution in [3.8, 4) is 17.2 Å². The molecule has 172 valence electrons. The number of hydrogen-bond acceptors (Lipinski definition) is 7. The first-order chi connectivity index (χ1) is 15.5. The number of aliphatic imine (C=N–C) groups is 1. The molecule has 1 N–H and O–H groups in total. The van der Waals surface area contributed by atoms with Crippen molar-refractivity contribution in [2.24, 2.45) is 4.99 Å². The van der Waals surface area contributed by atoms with Crippen LogP contribution in [-0.2, 0) is 15.8 Å². The number of carbonyl (C=O) groups is 2. The Labute approximate surface area is 188 Å². The lowest BCUT2D eigenvalue weighted by atomic mass is 10.1. The molecule has 2 amide bonds. The van der Waals surface area contributed by atoms with Crippen LogP contribution in [0.25, 0.3) is 6.08 Å². The number of amides is 2. The van der Waals surface area contributed by atoms with Gasteiger partial charge in [0.25, 0.3) is 11.6 Å². The highest BCUT2D eigenvalue weighted by Gasteiger charge is 2.36. The molecule has 0 saturated carbocycles. The number of nitrogens with zero attached hydrogens (tertiary/aromatic N) is 2. The van der Waals surface area contributed by atoms with Gasteiger partial charge < -0.3 is 14.8 Å². The van der Waals surface area contributed by atoms with Gasteiger partial charge in [-0.25, -0.2) is 0 Å². The molecule has 0 fully saturated rings. The second kappa shape index (κ2) is 9.32. The molecule has 13 heteroatoms. The van der Waals surface area contributed by atoms with E-state index in [4.69, 9.17) is 9.47 Å². The molecule has 0 bridgehead atoms. The smallest absolute Gasteiger partial charge is 0.419 e. The van der Waals surface area contributed by atoms with Crippen LogP contribution in [0.4, 0.5) is 18.9 Å². The maximum Gasteiger partial charge on any atom is 0.419 e. The van der Waals surface area contributed by atoms with Crippen LogP contribution in [0, 0.1) is 10.1 Å². The highest BCUT2D eigenvalue weighted by Crippen LogP contribution is 2.42. The topological polar surface area (TPSA) is 120 Å². The van der Waals surface area contributed by atoms with Gasteiger partial charge >= 0.3 is 6.18 Å². The molecular weight excluding hydrogens is 467 g/mol. The van der Waals surface area contributed by atoms with Crippen molar-refractivity contribution in [3.05, 3.63) is 62.5 Å². The fraction of sp³-hybridized carbons (Fsp3) is 0.150. The van der Waals surface area contributed by atoms with Crippen molar-refractivity contribution < 1.29 is 37.2 Å². The number of thioether (sulfide) groups is 1.